The lowest BCUT2D eigenvalue weighted by Crippen LogP contribution is -2.33. The van der Waals surface area contributed by atoms with E-state index in [0.29, 0.717) is 12.2 Å². The average molecular weight is 277 g/mol. The number of nitrogen functional groups attached to an aromatic ring is 1. The van der Waals surface area contributed by atoms with Gasteiger partial charge in [0.1, 0.15) is 0 Å². The van der Waals surface area contributed by atoms with E-state index in [9.17, 15) is 4.79 Å². The van der Waals surface area contributed by atoms with Crippen LogP contribution in [0.15, 0.2) is 12.1 Å². The summed E-state index contributed by atoms with van der Waals surface area (Å²) < 4.78 is 0. The Balaban J connectivity index is 3.10. The Morgan fingerprint density at radius 3 is 2.65 bits per heavy atom. The summed E-state index contributed by atoms with van der Waals surface area (Å²) >= 11 is 11.8. The van der Waals surface area contributed by atoms with E-state index in [1.54, 1.807) is 0 Å². The first-order chi connectivity index (χ1) is 8.01. The van der Waals surface area contributed by atoms with Crippen molar-refractivity contribution in [1.82, 2.24) is 4.90 Å². The van der Waals surface area contributed by atoms with Gasteiger partial charge in [0.2, 0.25) is 0 Å². The first-order valence-electron chi connectivity index (χ1n) is 5.15. The second kappa shape index (κ2) is 6.10. The molecule has 1 aromatic rings. The molecule has 0 aliphatic carbocycles. The molecule has 17 heavy (non-hydrogen) atoms. The van der Waals surface area contributed by atoms with Gasteiger partial charge in [-0.25, -0.2) is 0 Å². The smallest absolute Gasteiger partial charge is 0.255 e. The molecule has 0 spiro atoms. The number of anilines is 1. The monoisotopic (exact) mass is 276 g/mol. The predicted octanol–water partition coefficient (Wildman–Crippen LogP) is 2.03. The van der Waals surface area contributed by atoms with Crippen molar-refractivity contribution >= 4 is 34.8 Å². The SMILES string of the molecule is CCN(CCO)C(=O)c1cc(N)cc(Cl)c1Cl. The van der Waals surface area contributed by atoms with Crippen molar-refractivity contribution in [1.29, 1.82) is 0 Å². The average Bonchev–Trinajstić information content (AvgIpc) is 2.29. The minimum atomic E-state index is -0.291. The third kappa shape index (κ3) is 3.25. The lowest BCUT2D eigenvalue weighted by molar-refractivity contribution is 0.0732. The molecule has 0 atom stereocenters. The van der Waals surface area contributed by atoms with Crippen LogP contribution in [0.5, 0.6) is 0 Å². The number of nitrogens with zero attached hydrogens (tertiary/aromatic N) is 1. The number of amides is 1. The zero-order valence-corrected chi connectivity index (χ0v) is 10.9. The molecular weight excluding hydrogens is 263 g/mol. The molecule has 6 heteroatoms. The van der Waals surface area contributed by atoms with Crippen molar-refractivity contribution in [3.05, 3.63) is 27.7 Å². The maximum Gasteiger partial charge on any atom is 0.255 e. The number of benzene rings is 1. The van der Waals surface area contributed by atoms with E-state index in [1.807, 2.05) is 6.92 Å². The second-order valence-corrected chi connectivity index (χ2v) is 4.26. The largest absolute Gasteiger partial charge is 0.399 e. The molecule has 0 heterocycles. The van der Waals surface area contributed by atoms with Crippen LogP contribution in [0.25, 0.3) is 0 Å². The summed E-state index contributed by atoms with van der Waals surface area (Å²) in [6, 6.07) is 2.97. The molecule has 0 saturated heterocycles. The minimum Gasteiger partial charge on any atom is -0.399 e. The Morgan fingerprint density at radius 1 is 1.47 bits per heavy atom. The Morgan fingerprint density at radius 2 is 2.12 bits per heavy atom. The topological polar surface area (TPSA) is 66.6 Å². The fourth-order valence-corrected chi connectivity index (χ4v) is 1.88. The van der Waals surface area contributed by atoms with Crippen LogP contribution in [-0.4, -0.2) is 35.6 Å². The highest BCUT2D eigenvalue weighted by atomic mass is 35.5. The van der Waals surface area contributed by atoms with Gasteiger partial charge in [-0.15, -0.1) is 0 Å². The number of rotatable bonds is 4. The van der Waals surface area contributed by atoms with E-state index < -0.39 is 0 Å². The fourth-order valence-electron chi connectivity index (χ4n) is 1.46. The summed E-state index contributed by atoms with van der Waals surface area (Å²) in [5, 5.41) is 9.29. The van der Waals surface area contributed by atoms with Crippen molar-refractivity contribution in [2.24, 2.45) is 0 Å². The van der Waals surface area contributed by atoms with Gasteiger partial charge >= 0.3 is 0 Å². The first kappa shape index (κ1) is 14.1. The van der Waals surface area contributed by atoms with E-state index in [4.69, 9.17) is 34.0 Å². The molecular formula is C11H14Cl2N2O2. The third-order valence-corrected chi connectivity index (χ3v) is 3.12. The van der Waals surface area contributed by atoms with Crippen molar-refractivity contribution < 1.29 is 9.90 Å². The van der Waals surface area contributed by atoms with Crippen LogP contribution in [0, 0.1) is 0 Å². The van der Waals surface area contributed by atoms with Crippen LogP contribution in [0.2, 0.25) is 10.0 Å². The number of halogens is 2. The van der Waals surface area contributed by atoms with E-state index in [1.165, 1.54) is 17.0 Å². The molecule has 0 aromatic heterocycles. The molecule has 0 bridgehead atoms. The molecule has 0 saturated carbocycles. The Bertz CT molecular complexity index is 424. The highest BCUT2D eigenvalue weighted by Crippen LogP contribution is 2.29. The van der Waals surface area contributed by atoms with E-state index >= 15 is 0 Å². The molecule has 3 N–H and O–H groups in total. The molecule has 1 rings (SSSR count). The van der Waals surface area contributed by atoms with Crippen LogP contribution in [0.4, 0.5) is 5.69 Å². The van der Waals surface area contributed by atoms with Gasteiger partial charge in [0.05, 0.1) is 22.2 Å². The molecule has 0 unspecified atom stereocenters. The van der Waals surface area contributed by atoms with Crippen LogP contribution in [-0.2, 0) is 0 Å². The number of hydrogen-bond donors (Lipinski definition) is 2. The lowest BCUT2D eigenvalue weighted by Gasteiger charge is -2.20. The summed E-state index contributed by atoms with van der Waals surface area (Å²) in [6.45, 7) is 2.43. The lowest BCUT2D eigenvalue weighted by atomic mass is 10.1. The van der Waals surface area contributed by atoms with E-state index in [0.717, 1.165) is 0 Å². The maximum atomic E-state index is 12.1. The molecule has 0 radical (unpaired) electrons. The predicted molar refractivity (Wildman–Crippen MR) is 69.5 cm³/mol. The van der Waals surface area contributed by atoms with Gasteiger partial charge in [-0.1, -0.05) is 23.2 Å². The highest BCUT2D eigenvalue weighted by Gasteiger charge is 2.19. The summed E-state index contributed by atoms with van der Waals surface area (Å²) in [4.78, 5) is 13.6. The second-order valence-electron chi connectivity index (χ2n) is 3.47. The van der Waals surface area contributed by atoms with Crippen LogP contribution < -0.4 is 5.73 Å². The summed E-state index contributed by atoms with van der Waals surface area (Å²) in [6.07, 6.45) is 0. The molecule has 1 amide bonds. The number of likely N-dealkylation sites (N-methyl/N-ethyl adjacent to an activating group) is 1. The van der Waals surface area contributed by atoms with Gasteiger partial charge in [-0.2, -0.15) is 0 Å². The van der Waals surface area contributed by atoms with Crippen LogP contribution >= 0.6 is 23.2 Å². The normalized spacial score (nSPS) is 10.4. The number of aliphatic hydroxyl groups excluding tert-OH is 1. The van der Waals surface area contributed by atoms with E-state index in [-0.39, 0.29) is 34.7 Å². The third-order valence-electron chi connectivity index (χ3n) is 2.32. The van der Waals surface area contributed by atoms with Crippen molar-refractivity contribution in [3.63, 3.8) is 0 Å². The minimum absolute atomic E-state index is 0.104. The molecule has 0 aliphatic rings. The Labute approximate surface area is 110 Å². The highest BCUT2D eigenvalue weighted by molar-refractivity contribution is 6.44. The number of hydrogen-bond acceptors (Lipinski definition) is 3. The molecule has 0 fully saturated rings. The summed E-state index contributed by atoms with van der Waals surface area (Å²) in [5.74, 6) is -0.291. The van der Waals surface area contributed by atoms with Crippen molar-refractivity contribution in [2.45, 2.75) is 6.92 Å². The molecule has 1 aromatic carbocycles. The quantitative estimate of drug-likeness (QED) is 0.827. The molecule has 94 valence electrons. The zero-order chi connectivity index (χ0) is 13.0. The summed E-state index contributed by atoms with van der Waals surface area (Å²) in [7, 11) is 0. The number of nitrogens with two attached hydrogens (primary N) is 1. The standard InChI is InChI=1S/C11H14Cl2N2O2/c1-2-15(3-4-16)11(17)8-5-7(14)6-9(12)10(8)13/h5-6,16H,2-4,14H2,1H3. The van der Waals surface area contributed by atoms with Gasteiger partial charge in [-0.05, 0) is 19.1 Å². The Kier molecular flexibility index (Phi) is 5.05. The van der Waals surface area contributed by atoms with Gasteiger partial charge in [0.15, 0.2) is 0 Å². The number of carbonyl (C=O) groups excluding carboxylic acids is 1. The molecule has 4 nitrogen and oxygen atoms in total. The maximum absolute atomic E-state index is 12.1. The Hall–Kier alpha value is -0.970. The summed E-state index contributed by atoms with van der Waals surface area (Å²) in [5.41, 5.74) is 6.25. The van der Waals surface area contributed by atoms with E-state index in [2.05, 4.69) is 0 Å². The number of carbonyl (C=O) groups is 1. The van der Waals surface area contributed by atoms with Gasteiger partial charge in [-0.3, -0.25) is 4.79 Å². The van der Waals surface area contributed by atoms with Gasteiger partial charge in [0, 0.05) is 18.8 Å². The first-order valence-corrected chi connectivity index (χ1v) is 5.91. The van der Waals surface area contributed by atoms with Crippen molar-refractivity contribution in [2.75, 3.05) is 25.4 Å². The molecule has 0 aliphatic heterocycles. The van der Waals surface area contributed by atoms with Gasteiger partial charge < -0.3 is 15.7 Å². The van der Waals surface area contributed by atoms with Crippen LogP contribution in [0.1, 0.15) is 17.3 Å². The fraction of sp³-hybridized carbons (Fsp3) is 0.364. The van der Waals surface area contributed by atoms with Gasteiger partial charge in [0.25, 0.3) is 5.91 Å². The zero-order valence-electron chi connectivity index (χ0n) is 9.41. The van der Waals surface area contributed by atoms with Crippen LogP contribution in [0.3, 0.4) is 0 Å². The number of aliphatic hydroxyl groups is 1. The van der Waals surface area contributed by atoms with Crippen molar-refractivity contribution in [3.8, 4) is 0 Å².